The summed E-state index contributed by atoms with van der Waals surface area (Å²) < 4.78 is 1.74. The molecule has 1 N–H and O–H groups in total. The van der Waals surface area contributed by atoms with E-state index in [1.807, 2.05) is 7.05 Å². The largest absolute Gasteiger partial charge is 0.316 e. The molecule has 1 heterocycles. The first-order chi connectivity index (χ1) is 6.72. The molecule has 0 fully saturated rings. The summed E-state index contributed by atoms with van der Waals surface area (Å²) in [7, 11) is 1.89. The molecule has 14 heavy (non-hydrogen) atoms. The molecule has 0 bridgehead atoms. The Labute approximate surface area is 85.7 Å². The molecule has 1 atom stereocenters. The molecule has 1 aromatic heterocycles. The molecule has 80 valence electrons. The van der Waals surface area contributed by atoms with E-state index in [0.717, 1.165) is 31.3 Å². The average molecular weight is 196 g/mol. The van der Waals surface area contributed by atoms with Crippen molar-refractivity contribution in [2.24, 2.45) is 13.0 Å². The number of nitrogens with zero attached hydrogens (tertiary/aromatic N) is 3. The van der Waals surface area contributed by atoms with Crippen molar-refractivity contribution in [3.63, 3.8) is 0 Å². The maximum atomic E-state index is 4.21. The second kappa shape index (κ2) is 5.75. The van der Waals surface area contributed by atoms with Crippen molar-refractivity contribution in [3.05, 3.63) is 12.2 Å². The second-order valence-electron chi connectivity index (χ2n) is 3.80. The Morgan fingerprint density at radius 2 is 2.36 bits per heavy atom. The molecule has 4 heteroatoms. The fourth-order valence-electron chi connectivity index (χ4n) is 1.19. The Balaban J connectivity index is 2.10. The average Bonchev–Trinajstić information content (AvgIpc) is 2.58. The van der Waals surface area contributed by atoms with Crippen LogP contribution in [-0.4, -0.2) is 27.9 Å². The van der Waals surface area contributed by atoms with E-state index in [1.54, 1.807) is 11.0 Å². The molecule has 0 saturated carbocycles. The van der Waals surface area contributed by atoms with E-state index in [9.17, 15) is 0 Å². The Bertz CT molecular complexity index is 256. The summed E-state index contributed by atoms with van der Waals surface area (Å²) in [6.45, 7) is 6.52. The van der Waals surface area contributed by atoms with Gasteiger partial charge in [-0.15, -0.1) is 0 Å². The zero-order valence-electron chi connectivity index (χ0n) is 9.32. The second-order valence-corrected chi connectivity index (χ2v) is 3.80. The molecular formula is C10H20N4. The number of nitrogens with one attached hydrogen (secondary N) is 1. The normalized spacial score (nSPS) is 13.1. The summed E-state index contributed by atoms with van der Waals surface area (Å²) in [6.07, 6.45) is 3.89. The van der Waals surface area contributed by atoms with Gasteiger partial charge in [0.15, 0.2) is 5.82 Å². The van der Waals surface area contributed by atoms with Gasteiger partial charge in [0.05, 0.1) is 0 Å². The lowest BCUT2D eigenvalue weighted by Gasteiger charge is -2.08. The molecule has 0 aliphatic heterocycles. The lowest BCUT2D eigenvalue weighted by atomic mass is 10.1. The first-order valence-corrected chi connectivity index (χ1v) is 5.27. The van der Waals surface area contributed by atoms with Crippen LogP contribution in [-0.2, 0) is 13.5 Å². The zero-order valence-corrected chi connectivity index (χ0v) is 9.32. The number of hydrogen-bond donors (Lipinski definition) is 1. The molecular weight excluding hydrogens is 176 g/mol. The molecule has 0 saturated heterocycles. The Morgan fingerprint density at radius 1 is 1.57 bits per heavy atom. The van der Waals surface area contributed by atoms with Crippen LogP contribution in [0.3, 0.4) is 0 Å². The maximum absolute atomic E-state index is 4.21. The minimum Gasteiger partial charge on any atom is -0.316 e. The number of rotatable bonds is 6. The van der Waals surface area contributed by atoms with E-state index >= 15 is 0 Å². The molecule has 1 rings (SSSR count). The summed E-state index contributed by atoms with van der Waals surface area (Å²) in [6, 6.07) is 0. The zero-order chi connectivity index (χ0) is 10.4. The Hall–Kier alpha value is -0.900. The van der Waals surface area contributed by atoms with E-state index in [4.69, 9.17) is 0 Å². The van der Waals surface area contributed by atoms with Gasteiger partial charge in [0.25, 0.3) is 0 Å². The number of aryl methyl sites for hydroxylation is 1. The lowest BCUT2D eigenvalue weighted by molar-refractivity contribution is 0.500. The summed E-state index contributed by atoms with van der Waals surface area (Å²) in [5.41, 5.74) is 0. The van der Waals surface area contributed by atoms with Gasteiger partial charge in [0.2, 0.25) is 0 Å². The standard InChI is InChI=1S/C10H20N4/c1-4-9(2)7-11-6-5-10-12-8-14(3)13-10/h8-9,11H,4-7H2,1-3H3. The quantitative estimate of drug-likeness (QED) is 0.690. The highest BCUT2D eigenvalue weighted by Crippen LogP contribution is 1.97. The Kier molecular flexibility index (Phi) is 4.59. The maximum Gasteiger partial charge on any atom is 0.151 e. The van der Waals surface area contributed by atoms with Gasteiger partial charge in [-0.05, 0) is 12.5 Å². The van der Waals surface area contributed by atoms with Crippen molar-refractivity contribution in [2.75, 3.05) is 13.1 Å². The smallest absolute Gasteiger partial charge is 0.151 e. The van der Waals surface area contributed by atoms with E-state index in [2.05, 4.69) is 29.2 Å². The van der Waals surface area contributed by atoms with Crippen LogP contribution in [0.1, 0.15) is 26.1 Å². The van der Waals surface area contributed by atoms with Crippen molar-refractivity contribution < 1.29 is 0 Å². The van der Waals surface area contributed by atoms with Gasteiger partial charge >= 0.3 is 0 Å². The predicted octanol–water partition coefficient (Wildman–Crippen LogP) is 0.993. The first kappa shape index (κ1) is 11.2. The van der Waals surface area contributed by atoms with E-state index in [-0.39, 0.29) is 0 Å². The number of aromatic nitrogens is 3. The minimum atomic E-state index is 0.756. The highest BCUT2D eigenvalue weighted by Gasteiger charge is 2.00. The third-order valence-electron chi connectivity index (χ3n) is 2.36. The molecule has 0 aliphatic carbocycles. The monoisotopic (exact) mass is 196 g/mol. The molecule has 0 radical (unpaired) electrons. The molecule has 0 amide bonds. The third kappa shape index (κ3) is 3.87. The topological polar surface area (TPSA) is 42.7 Å². The van der Waals surface area contributed by atoms with Crippen molar-refractivity contribution in [1.82, 2.24) is 20.1 Å². The predicted molar refractivity (Wildman–Crippen MR) is 57.0 cm³/mol. The van der Waals surface area contributed by atoms with Crippen LogP contribution >= 0.6 is 0 Å². The minimum absolute atomic E-state index is 0.756. The van der Waals surface area contributed by atoms with Crippen molar-refractivity contribution >= 4 is 0 Å². The Morgan fingerprint density at radius 3 is 2.93 bits per heavy atom. The summed E-state index contributed by atoms with van der Waals surface area (Å²) in [4.78, 5) is 4.16. The highest BCUT2D eigenvalue weighted by molar-refractivity contribution is 4.81. The van der Waals surface area contributed by atoms with Gasteiger partial charge in [0, 0.05) is 20.0 Å². The summed E-state index contributed by atoms with van der Waals surface area (Å²) >= 11 is 0. The molecule has 4 nitrogen and oxygen atoms in total. The SMILES string of the molecule is CCC(C)CNCCc1ncn(C)n1. The fourth-order valence-corrected chi connectivity index (χ4v) is 1.19. The van der Waals surface area contributed by atoms with Gasteiger partial charge in [-0.3, -0.25) is 4.68 Å². The van der Waals surface area contributed by atoms with Gasteiger partial charge < -0.3 is 5.32 Å². The van der Waals surface area contributed by atoms with Crippen molar-refractivity contribution in [1.29, 1.82) is 0 Å². The first-order valence-electron chi connectivity index (χ1n) is 5.27. The van der Waals surface area contributed by atoms with Crippen LogP contribution < -0.4 is 5.32 Å². The van der Waals surface area contributed by atoms with Crippen LogP contribution in [0.2, 0.25) is 0 Å². The van der Waals surface area contributed by atoms with E-state index in [1.165, 1.54) is 6.42 Å². The molecule has 0 spiro atoms. The lowest BCUT2D eigenvalue weighted by Crippen LogP contribution is -2.23. The van der Waals surface area contributed by atoms with Gasteiger partial charge in [-0.1, -0.05) is 20.3 Å². The van der Waals surface area contributed by atoms with Crippen LogP contribution in [0.15, 0.2) is 6.33 Å². The van der Waals surface area contributed by atoms with Crippen molar-refractivity contribution in [2.45, 2.75) is 26.7 Å². The van der Waals surface area contributed by atoms with Gasteiger partial charge in [-0.25, -0.2) is 4.98 Å². The van der Waals surface area contributed by atoms with Crippen LogP contribution in [0.4, 0.5) is 0 Å². The van der Waals surface area contributed by atoms with Crippen LogP contribution in [0, 0.1) is 5.92 Å². The van der Waals surface area contributed by atoms with Gasteiger partial charge in [0.1, 0.15) is 6.33 Å². The highest BCUT2D eigenvalue weighted by atomic mass is 15.3. The molecule has 1 aromatic rings. The summed E-state index contributed by atoms with van der Waals surface area (Å²) in [5.74, 6) is 1.68. The van der Waals surface area contributed by atoms with Crippen LogP contribution in [0.5, 0.6) is 0 Å². The van der Waals surface area contributed by atoms with Crippen molar-refractivity contribution in [3.8, 4) is 0 Å². The molecule has 0 aliphatic rings. The molecule has 0 aromatic carbocycles. The van der Waals surface area contributed by atoms with Gasteiger partial charge in [-0.2, -0.15) is 5.10 Å². The number of hydrogen-bond acceptors (Lipinski definition) is 3. The third-order valence-corrected chi connectivity index (χ3v) is 2.36. The van der Waals surface area contributed by atoms with E-state index < -0.39 is 0 Å². The van der Waals surface area contributed by atoms with Crippen LogP contribution in [0.25, 0.3) is 0 Å². The van der Waals surface area contributed by atoms with E-state index in [0.29, 0.717) is 0 Å². The molecule has 1 unspecified atom stereocenters. The fraction of sp³-hybridized carbons (Fsp3) is 0.800. The summed E-state index contributed by atoms with van der Waals surface area (Å²) in [5, 5.41) is 7.62.